The van der Waals surface area contributed by atoms with Crippen LogP contribution in [0.25, 0.3) is 0 Å². The minimum atomic E-state index is -3.62. The van der Waals surface area contributed by atoms with Crippen LogP contribution in [0, 0.1) is 11.2 Å². The summed E-state index contributed by atoms with van der Waals surface area (Å²) in [6.07, 6.45) is 4.53. The van der Waals surface area contributed by atoms with Crippen molar-refractivity contribution in [3.63, 3.8) is 0 Å². The molecule has 2 aliphatic rings. The first-order chi connectivity index (χ1) is 16.3. The molecule has 9 heteroatoms. The van der Waals surface area contributed by atoms with Crippen molar-refractivity contribution >= 4 is 31.9 Å². The zero-order valence-electron chi connectivity index (χ0n) is 19.1. The number of carbonyl (C=O) groups excluding carboxylic acids is 1. The van der Waals surface area contributed by atoms with Gasteiger partial charge in [-0.1, -0.05) is 15.9 Å². The molecule has 0 bridgehead atoms. The highest BCUT2D eigenvalue weighted by atomic mass is 79.9. The van der Waals surface area contributed by atoms with Gasteiger partial charge in [0, 0.05) is 42.5 Å². The molecule has 0 unspecified atom stereocenters. The molecule has 0 aromatic heterocycles. The van der Waals surface area contributed by atoms with Crippen LogP contribution in [-0.4, -0.2) is 56.3 Å². The number of hydrogen-bond donors (Lipinski definition) is 0. The Morgan fingerprint density at radius 3 is 2.18 bits per heavy atom. The van der Waals surface area contributed by atoms with Gasteiger partial charge in [0.1, 0.15) is 11.6 Å². The Morgan fingerprint density at radius 1 is 0.941 bits per heavy atom. The zero-order chi connectivity index (χ0) is 24.2. The molecule has 0 atom stereocenters. The second kappa shape index (κ2) is 10.7. The molecule has 6 nitrogen and oxygen atoms in total. The van der Waals surface area contributed by atoms with E-state index in [-0.39, 0.29) is 23.2 Å². The van der Waals surface area contributed by atoms with Crippen molar-refractivity contribution in [2.45, 2.75) is 43.4 Å². The molecule has 2 aliphatic heterocycles. The van der Waals surface area contributed by atoms with Crippen LogP contribution in [0.4, 0.5) is 4.39 Å². The third kappa shape index (κ3) is 5.98. The van der Waals surface area contributed by atoms with Crippen LogP contribution in [-0.2, 0) is 14.8 Å². The molecule has 2 fully saturated rings. The van der Waals surface area contributed by atoms with Crippen LogP contribution in [0.2, 0.25) is 0 Å². The monoisotopic (exact) mass is 552 g/mol. The number of ether oxygens (including phenoxy) is 1. The lowest BCUT2D eigenvalue weighted by Gasteiger charge is -2.42. The number of halogens is 2. The van der Waals surface area contributed by atoms with Crippen molar-refractivity contribution in [3.8, 4) is 5.75 Å². The number of rotatable bonds is 7. The van der Waals surface area contributed by atoms with Gasteiger partial charge in [-0.15, -0.1) is 0 Å². The Bertz CT molecular complexity index is 1080. The highest BCUT2D eigenvalue weighted by Crippen LogP contribution is 2.38. The van der Waals surface area contributed by atoms with Gasteiger partial charge < -0.3 is 9.64 Å². The highest BCUT2D eigenvalue weighted by molar-refractivity contribution is 9.10. The smallest absolute Gasteiger partial charge is 0.243 e. The maximum absolute atomic E-state index is 13.3. The summed E-state index contributed by atoms with van der Waals surface area (Å²) in [5, 5.41) is 0. The van der Waals surface area contributed by atoms with Gasteiger partial charge in [0.25, 0.3) is 0 Å². The van der Waals surface area contributed by atoms with Crippen molar-refractivity contribution in [1.82, 2.24) is 9.21 Å². The fraction of sp³-hybridized carbons (Fsp3) is 0.480. The van der Waals surface area contributed by atoms with Gasteiger partial charge in [-0.05, 0) is 80.6 Å². The molecule has 2 heterocycles. The number of sulfonamides is 1. The normalized spacial score (nSPS) is 19.1. The van der Waals surface area contributed by atoms with Crippen LogP contribution in [0.1, 0.15) is 38.5 Å². The van der Waals surface area contributed by atoms with Gasteiger partial charge in [0.15, 0.2) is 0 Å². The van der Waals surface area contributed by atoms with E-state index in [2.05, 4.69) is 15.9 Å². The van der Waals surface area contributed by atoms with Crippen molar-refractivity contribution in [2.75, 3.05) is 32.8 Å². The Balaban J connectivity index is 1.48. The molecule has 0 saturated carbocycles. The first-order valence-corrected chi connectivity index (χ1v) is 13.9. The Morgan fingerprint density at radius 2 is 1.56 bits per heavy atom. The summed E-state index contributed by atoms with van der Waals surface area (Å²) in [5.74, 6) is 0.302. The van der Waals surface area contributed by atoms with E-state index in [1.807, 2.05) is 4.90 Å². The predicted octanol–water partition coefficient (Wildman–Crippen LogP) is 4.84. The minimum Gasteiger partial charge on any atom is -0.493 e. The second-order valence-corrected chi connectivity index (χ2v) is 12.1. The number of amides is 1. The molecular formula is C25H30BrFN2O4S. The molecule has 0 N–H and O–H groups in total. The predicted molar refractivity (Wildman–Crippen MR) is 132 cm³/mol. The molecule has 0 spiro atoms. The molecule has 1 amide bonds. The first kappa shape index (κ1) is 25.1. The molecule has 2 saturated heterocycles. The molecule has 184 valence electrons. The lowest BCUT2D eigenvalue weighted by molar-refractivity contribution is -0.136. The number of benzene rings is 2. The molecule has 2 aromatic rings. The fourth-order valence-electron chi connectivity index (χ4n) is 4.67. The summed E-state index contributed by atoms with van der Waals surface area (Å²) in [6, 6.07) is 12.5. The lowest BCUT2D eigenvalue weighted by atomic mass is 9.76. The lowest BCUT2D eigenvalue weighted by Crippen LogP contribution is -2.48. The molecule has 2 aromatic carbocycles. The summed E-state index contributed by atoms with van der Waals surface area (Å²) in [7, 11) is -3.62. The number of hydrogen-bond acceptors (Lipinski definition) is 4. The van der Waals surface area contributed by atoms with Crippen molar-refractivity contribution in [1.29, 1.82) is 0 Å². The van der Waals surface area contributed by atoms with Crippen LogP contribution in [0.3, 0.4) is 0 Å². The third-order valence-corrected chi connectivity index (χ3v) is 9.27. The van der Waals surface area contributed by atoms with Gasteiger partial charge >= 0.3 is 0 Å². The molecule has 34 heavy (non-hydrogen) atoms. The van der Waals surface area contributed by atoms with Gasteiger partial charge in [-0.2, -0.15) is 4.31 Å². The second-order valence-electron chi connectivity index (χ2n) is 9.22. The maximum atomic E-state index is 13.3. The van der Waals surface area contributed by atoms with Crippen molar-refractivity contribution in [3.05, 3.63) is 58.8 Å². The summed E-state index contributed by atoms with van der Waals surface area (Å²) < 4.78 is 47.9. The zero-order valence-corrected chi connectivity index (χ0v) is 21.5. The Kier molecular flexibility index (Phi) is 7.94. The van der Waals surface area contributed by atoms with E-state index < -0.39 is 15.4 Å². The number of likely N-dealkylation sites (tertiary alicyclic amines) is 1. The molecule has 0 radical (unpaired) electrons. The third-order valence-electron chi connectivity index (χ3n) is 6.83. The fourth-order valence-corrected chi connectivity index (χ4v) is 6.38. The summed E-state index contributed by atoms with van der Waals surface area (Å²) in [5.41, 5.74) is -0.478. The average molecular weight is 553 g/mol. The summed E-state index contributed by atoms with van der Waals surface area (Å²) in [6.45, 7) is 2.47. The van der Waals surface area contributed by atoms with E-state index in [9.17, 15) is 17.6 Å². The summed E-state index contributed by atoms with van der Waals surface area (Å²) >= 11 is 3.34. The summed E-state index contributed by atoms with van der Waals surface area (Å²) in [4.78, 5) is 15.3. The minimum absolute atomic E-state index is 0.103. The Hall–Kier alpha value is -1.97. The molecule has 0 aliphatic carbocycles. The van der Waals surface area contributed by atoms with E-state index in [1.165, 1.54) is 16.4 Å². The SMILES string of the molecule is O=C(CC1(COc2ccc(F)cc2)CCN(S(=O)(=O)c2ccc(Br)cc2)CC1)N1CCCCC1. The average Bonchev–Trinajstić information content (AvgIpc) is 2.85. The molecular weight excluding hydrogens is 523 g/mol. The number of piperidine rings is 2. The maximum Gasteiger partial charge on any atom is 0.243 e. The Labute approximate surface area is 209 Å². The highest BCUT2D eigenvalue weighted by Gasteiger charge is 2.41. The quantitative estimate of drug-likeness (QED) is 0.492. The number of nitrogens with zero attached hydrogens (tertiary/aromatic N) is 2. The number of carbonyl (C=O) groups is 1. The largest absolute Gasteiger partial charge is 0.493 e. The van der Waals surface area contributed by atoms with Crippen LogP contribution in [0.15, 0.2) is 57.9 Å². The topological polar surface area (TPSA) is 66.9 Å². The van der Waals surface area contributed by atoms with Gasteiger partial charge in [-0.25, -0.2) is 12.8 Å². The standard InChI is InChI=1S/C25H30BrFN2O4S/c26-20-4-10-23(11-5-20)34(31,32)29-16-12-25(13-17-29,18-24(30)28-14-2-1-3-15-28)19-33-22-8-6-21(27)7-9-22/h4-11H,1-3,12-19H2. The van der Waals surface area contributed by atoms with Gasteiger partial charge in [0.2, 0.25) is 15.9 Å². The van der Waals surface area contributed by atoms with E-state index in [0.29, 0.717) is 38.1 Å². The van der Waals surface area contributed by atoms with E-state index in [1.54, 1.807) is 36.4 Å². The van der Waals surface area contributed by atoms with Crippen LogP contribution in [0.5, 0.6) is 5.75 Å². The molecule has 4 rings (SSSR count). The van der Waals surface area contributed by atoms with E-state index >= 15 is 0 Å². The first-order valence-electron chi connectivity index (χ1n) is 11.7. The van der Waals surface area contributed by atoms with Crippen molar-refractivity contribution < 1.29 is 22.3 Å². The van der Waals surface area contributed by atoms with Crippen molar-refractivity contribution in [2.24, 2.45) is 5.41 Å². The van der Waals surface area contributed by atoms with Gasteiger partial charge in [-0.3, -0.25) is 4.79 Å². The van der Waals surface area contributed by atoms with E-state index in [0.717, 1.165) is 36.8 Å². The van der Waals surface area contributed by atoms with Crippen LogP contribution >= 0.6 is 15.9 Å². The van der Waals surface area contributed by atoms with E-state index in [4.69, 9.17) is 4.74 Å². The van der Waals surface area contributed by atoms with Gasteiger partial charge in [0.05, 0.1) is 11.5 Å². The van der Waals surface area contributed by atoms with Crippen LogP contribution < -0.4 is 4.74 Å².